The molecule has 0 aromatic heterocycles. The molecule has 0 radical (unpaired) electrons. The molecule has 0 fully saturated rings. The van der Waals surface area contributed by atoms with E-state index in [1.165, 1.54) is 5.56 Å². The summed E-state index contributed by atoms with van der Waals surface area (Å²) in [5.41, 5.74) is 3.46. The molecule has 0 N–H and O–H groups in total. The highest BCUT2D eigenvalue weighted by Gasteiger charge is 2.26. The average molecular weight is 400 g/mol. The van der Waals surface area contributed by atoms with E-state index in [0.29, 0.717) is 23.5 Å². The Morgan fingerprint density at radius 3 is 2.96 bits per heavy atom. The molecule has 2 aromatic rings. The van der Waals surface area contributed by atoms with E-state index in [9.17, 15) is 10.1 Å². The maximum atomic E-state index is 11.9. The second-order valence-electron chi connectivity index (χ2n) is 5.86. The van der Waals surface area contributed by atoms with Crippen LogP contribution >= 0.6 is 15.9 Å². The summed E-state index contributed by atoms with van der Waals surface area (Å²) in [6.07, 6.45) is 1.78. The van der Waals surface area contributed by atoms with Gasteiger partial charge in [0.2, 0.25) is 0 Å². The summed E-state index contributed by atoms with van der Waals surface area (Å²) < 4.78 is 12.3. The van der Waals surface area contributed by atoms with Crippen LogP contribution < -0.4 is 4.74 Å². The van der Waals surface area contributed by atoms with Gasteiger partial charge in [0.05, 0.1) is 24.7 Å². The minimum Gasteiger partial charge on any atom is -0.485 e. The minimum absolute atomic E-state index is 0.0327. The summed E-state index contributed by atoms with van der Waals surface area (Å²) in [5, 5.41) is 9.38. The maximum Gasteiger partial charge on any atom is 0.310 e. The molecular weight excluding hydrogens is 382 g/mol. The fourth-order valence-corrected chi connectivity index (χ4v) is 3.51. The maximum absolute atomic E-state index is 11.9. The number of halogens is 1. The lowest BCUT2D eigenvalue weighted by atomic mass is 10.0. The Labute approximate surface area is 155 Å². The molecule has 4 nitrogen and oxygen atoms in total. The molecule has 0 saturated heterocycles. The van der Waals surface area contributed by atoms with Gasteiger partial charge in [0.25, 0.3) is 0 Å². The Morgan fingerprint density at radius 1 is 1.36 bits per heavy atom. The van der Waals surface area contributed by atoms with Crippen molar-refractivity contribution in [3.05, 3.63) is 63.1 Å². The first-order chi connectivity index (χ1) is 12.1. The van der Waals surface area contributed by atoms with E-state index in [2.05, 4.69) is 34.1 Å². The molecule has 2 aromatic carbocycles. The average Bonchev–Trinajstić information content (AvgIpc) is 2.98. The fourth-order valence-electron chi connectivity index (χ4n) is 3.13. The standard InChI is InChI=1S/C20H18BrNO3/c1-2-24-20(23)11-17-14(12-22)4-3-5-18(17)25-19-9-7-13-6-8-15(21)10-16(13)19/h3-6,8,10,19H,2,7,9,11H2,1H3/t19-/m1/s1. The topological polar surface area (TPSA) is 59.3 Å². The third-order valence-electron chi connectivity index (χ3n) is 4.28. The molecular formula is C20H18BrNO3. The van der Waals surface area contributed by atoms with Gasteiger partial charge in [-0.05, 0) is 55.2 Å². The van der Waals surface area contributed by atoms with Crippen molar-refractivity contribution in [3.8, 4) is 11.8 Å². The lowest BCUT2D eigenvalue weighted by Crippen LogP contribution is -2.12. The van der Waals surface area contributed by atoms with E-state index in [0.717, 1.165) is 22.9 Å². The van der Waals surface area contributed by atoms with E-state index in [-0.39, 0.29) is 18.5 Å². The highest BCUT2D eigenvalue weighted by Crippen LogP contribution is 2.38. The number of rotatable bonds is 5. The van der Waals surface area contributed by atoms with E-state index in [1.54, 1.807) is 19.1 Å². The zero-order valence-electron chi connectivity index (χ0n) is 13.9. The van der Waals surface area contributed by atoms with Gasteiger partial charge < -0.3 is 9.47 Å². The highest BCUT2D eigenvalue weighted by atomic mass is 79.9. The molecule has 25 heavy (non-hydrogen) atoms. The summed E-state index contributed by atoms with van der Waals surface area (Å²) in [6.45, 7) is 2.08. The molecule has 0 bridgehead atoms. The van der Waals surface area contributed by atoms with Crippen molar-refractivity contribution in [1.29, 1.82) is 5.26 Å². The largest absolute Gasteiger partial charge is 0.485 e. The number of esters is 1. The number of nitriles is 1. The van der Waals surface area contributed by atoms with Crippen LogP contribution in [-0.4, -0.2) is 12.6 Å². The lowest BCUT2D eigenvalue weighted by molar-refractivity contribution is -0.142. The molecule has 0 amide bonds. The predicted octanol–water partition coefficient (Wildman–Crippen LogP) is 4.49. The van der Waals surface area contributed by atoms with E-state index >= 15 is 0 Å². The number of hydrogen-bond donors (Lipinski definition) is 0. The molecule has 128 valence electrons. The SMILES string of the molecule is CCOC(=O)Cc1c(C#N)cccc1O[C@@H]1CCc2ccc(Br)cc21. The first-order valence-electron chi connectivity index (χ1n) is 8.25. The van der Waals surface area contributed by atoms with Crippen molar-refractivity contribution in [2.24, 2.45) is 0 Å². The third-order valence-corrected chi connectivity index (χ3v) is 4.77. The number of benzene rings is 2. The Bertz CT molecular complexity index is 841. The van der Waals surface area contributed by atoms with Crippen LogP contribution in [0.2, 0.25) is 0 Å². The third kappa shape index (κ3) is 3.85. The predicted molar refractivity (Wildman–Crippen MR) is 97.3 cm³/mol. The number of carbonyl (C=O) groups excluding carboxylic acids is 1. The van der Waals surface area contributed by atoms with Crippen molar-refractivity contribution in [2.75, 3.05) is 6.61 Å². The quantitative estimate of drug-likeness (QED) is 0.694. The molecule has 0 aliphatic heterocycles. The summed E-state index contributed by atoms with van der Waals surface area (Å²) in [4.78, 5) is 11.9. The van der Waals surface area contributed by atoms with Crippen molar-refractivity contribution >= 4 is 21.9 Å². The number of hydrogen-bond acceptors (Lipinski definition) is 4. The molecule has 3 rings (SSSR count). The van der Waals surface area contributed by atoms with Crippen LogP contribution in [0.3, 0.4) is 0 Å². The number of fused-ring (bicyclic) bond motifs is 1. The van der Waals surface area contributed by atoms with Crippen LogP contribution in [0.25, 0.3) is 0 Å². The van der Waals surface area contributed by atoms with Crippen molar-refractivity contribution < 1.29 is 14.3 Å². The van der Waals surface area contributed by atoms with Gasteiger partial charge in [0.1, 0.15) is 11.9 Å². The monoisotopic (exact) mass is 399 g/mol. The van der Waals surface area contributed by atoms with Gasteiger partial charge in [0, 0.05) is 10.0 Å². The van der Waals surface area contributed by atoms with Crippen molar-refractivity contribution in [2.45, 2.75) is 32.3 Å². The zero-order chi connectivity index (χ0) is 17.8. The van der Waals surface area contributed by atoms with E-state index in [1.807, 2.05) is 12.1 Å². The molecule has 0 heterocycles. The summed E-state index contributed by atoms with van der Waals surface area (Å²) in [5.74, 6) is 0.217. The van der Waals surface area contributed by atoms with Gasteiger partial charge in [-0.25, -0.2) is 0 Å². The molecule has 1 atom stereocenters. The Balaban J connectivity index is 1.90. The van der Waals surface area contributed by atoms with Crippen LogP contribution in [0.1, 0.15) is 41.7 Å². The summed E-state index contributed by atoms with van der Waals surface area (Å²) >= 11 is 3.51. The Morgan fingerprint density at radius 2 is 2.20 bits per heavy atom. The first-order valence-corrected chi connectivity index (χ1v) is 9.04. The summed E-state index contributed by atoms with van der Waals surface area (Å²) in [7, 11) is 0. The van der Waals surface area contributed by atoms with Gasteiger partial charge in [-0.15, -0.1) is 0 Å². The van der Waals surface area contributed by atoms with E-state index in [4.69, 9.17) is 9.47 Å². The molecule has 1 aliphatic carbocycles. The van der Waals surface area contributed by atoms with Crippen molar-refractivity contribution in [1.82, 2.24) is 0 Å². The second kappa shape index (κ2) is 7.71. The smallest absolute Gasteiger partial charge is 0.310 e. The van der Waals surface area contributed by atoms with E-state index < -0.39 is 0 Å². The molecule has 0 unspecified atom stereocenters. The molecule has 1 aliphatic rings. The van der Waals surface area contributed by atoms with Crippen LogP contribution in [0.4, 0.5) is 0 Å². The van der Waals surface area contributed by atoms with Crippen LogP contribution in [-0.2, 0) is 22.4 Å². The normalized spacial score (nSPS) is 15.3. The fraction of sp³-hybridized carbons (Fsp3) is 0.300. The molecule has 0 saturated carbocycles. The lowest BCUT2D eigenvalue weighted by Gasteiger charge is -2.18. The number of aryl methyl sites for hydroxylation is 1. The zero-order valence-corrected chi connectivity index (χ0v) is 15.5. The first kappa shape index (κ1) is 17.5. The van der Waals surface area contributed by atoms with Crippen LogP contribution in [0.5, 0.6) is 5.75 Å². The van der Waals surface area contributed by atoms with Gasteiger partial charge >= 0.3 is 5.97 Å². The number of ether oxygens (including phenoxy) is 2. The van der Waals surface area contributed by atoms with Gasteiger partial charge in [-0.3, -0.25) is 4.79 Å². The Kier molecular flexibility index (Phi) is 5.40. The van der Waals surface area contributed by atoms with Gasteiger partial charge in [-0.2, -0.15) is 5.26 Å². The van der Waals surface area contributed by atoms with Crippen LogP contribution in [0.15, 0.2) is 40.9 Å². The van der Waals surface area contributed by atoms with Crippen molar-refractivity contribution in [3.63, 3.8) is 0 Å². The molecule has 0 spiro atoms. The van der Waals surface area contributed by atoms with Gasteiger partial charge in [-0.1, -0.05) is 28.1 Å². The number of carbonyl (C=O) groups is 1. The van der Waals surface area contributed by atoms with Gasteiger partial charge in [0.15, 0.2) is 0 Å². The van der Waals surface area contributed by atoms with Crippen LogP contribution in [0, 0.1) is 11.3 Å². The summed E-state index contributed by atoms with van der Waals surface area (Å²) in [6, 6.07) is 13.6. The Hall–Kier alpha value is -2.32. The molecule has 5 heteroatoms. The number of nitrogens with zero attached hydrogens (tertiary/aromatic N) is 1. The minimum atomic E-state index is -0.357. The second-order valence-corrected chi connectivity index (χ2v) is 6.78. The highest BCUT2D eigenvalue weighted by molar-refractivity contribution is 9.10.